The summed E-state index contributed by atoms with van der Waals surface area (Å²) in [5.41, 5.74) is -0.508. The fraction of sp³-hybridized carbons (Fsp3) is 0.444. The number of carbonyl (C=O) groups is 2. The second-order valence-corrected chi connectivity index (χ2v) is 6.98. The summed E-state index contributed by atoms with van der Waals surface area (Å²) in [5, 5.41) is 12.6. The molecule has 0 aliphatic carbocycles. The minimum Gasteiger partial charge on any atom is -0.481 e. The van der Waals surface area contributed by atoms with Crippen molar-refractivity contribution in [2.75, 3.05) is 13.7 Å². The molecule has 0 atom stereocenters. The van der Waals surface area contributed by atoms with Gasteiger partial charge in [0.1, 0.15) is 5.82 Å². The minimum absolute atomic E-state index is 0.0251. The predicted octanol–water partition coefficient (Wildman–Crippen LogP) is 3.81. The van der Waals surface area contributed by atoms with E-state index in [0.717, 1.165) is 0 Å². The maximum atomic E-state index is 14.2. The second-order valence-electron chi connectivity index (χ2n) is 5.93. The standard InChI is InChI=1S/C18H22FNO4S/c1-4-18(5-2,17(22)23)10-20-16(21)15-11(9-24-3)14-12(19)7-6-8-13(14)25-15/h6-8H,4-5,9-10H2,1-3H3,(H,20,21)(H,22,23). The predicted molar refractivity (Wildman–Crippen MR) is 95.5 cm³/mol. The van der Waals surface area contributed by atoms with Crippen molar-refractivity contribution in [1.29, 1.82) is 0 Å². The first-order chi connectivity index (χ1) is 11.9. The zero-order valence-corrected chi connectivity index (χ0v) is 15.3. The van der Waals surface area contributed by atoms with E-state index in [1.165, 1.54) is 24.5 Å². The van der Waals surface area contributed by atoms with Gasteiger partial charge >= 0.3 is 5.97 Å². The molecule has 0 radical (unpaired) electrons. The molecular formula is C18H22FNO4S. The topological polar surface area (TPSA) is 75.6 Å². The van der Waals surface area contributed by atoms with Gasteiger partial charge in [-0.25, -0.2) is 4.39 Å². The number of hydrogen-bond donors (Lipinski definition) is 2. The van der Waals surface area contributed by atoms with Gasteiger partial charge in [-0.05, 0) is 25.0 Å². The highest BCUT2D eigenvalue weighted by molar-refractivity contribution is 7.21. The Kier molecular flexibility index (Phi) is 6.13. The number of carboxylic acid groups (broad SMARTS) is 1. The summed E-state index contributed by atoms with van der Waals surface area (Å²) in [6, 6.07) is 4.69. The Morgan fingerprint density at radius 2 is 2.00 bits per heavy atom. The molecule has 2 aromatic rings. The largest absolute Gasteiger partial charge is 0.481 e. The number of carboxylic acids is 1. The van der Waals surface area contributed by atoms with Crippen LogP contribution in [0.1, 0.15) is 41.9 Å². The van der Waals surface area contributed by atoms with E-state index in [9.17, 15) is 19.1 Å². The molecule has 0 fully saturated rings. The molecule has 1 amide bonds. The number of ether oxygens (including phenoxy) is 1. The monoisotopic (exact) mass is 367 g/mol. The van der Waals surface area contributed by atoms with E-state index >= 15 is 0 Å². The van der Waals surface area contributed by atoms with Crippen LogP contribution in [0, 0.1) is 11.2 Å². The smallest absolute Gasteiger partial charge is 0.311 e. The van der Waals surface area contributed by atoms with Crippen LogP contribution in [-0.4, -0.2) is 30.6 Å². The summed E-state index contributed by atoms with van der Waals surface area (Å²) in [6.45, 7) is 3.70. The highest BCUT2D eigenvalue weighted by atomic mass is 32.1. The van der Waals surface area contributed by atoms with Crippen molar-refractivity contribution >= 4 is 33.3 Å². The van der Waals surface area contributed by atoms with E-state index in [2.05, 4.69) is 5.32 Å². The molecule has 0 saturated heterocycles. The summed E-state index contributed by atoms with van der Waals surface area (Å²) in [4.78, 5) is 24.6. The zero-order chi connectivity index (χ0) is 18.6. The molecule has 136 valence electrons. The van der Waals surface area contributed by atoms with E-state index in [1.807, 2.05) is 0 Å². The van der Waals surface area contributed by atoms with Gasteiger partial charge in [-0.1, -0.05) is 19.9 Å². The van der Waals surface area contributed by atoms with E-state index in [0.29, 0.717) is 33.4 Å². The van der Waals surface area contributed by atoms with Gasteiger partial charge in [0.15, 0.2) is 0 Å². The van der Waals surface area contributed by atoms with E-state index in [4.69, 9.17) is 4.74 Å². The fourth-order valence-corrected chi connectivity index (χ4v) is 3.98. The summed E-state index contributed by atoms with van der Waals surface area (Å²) < 4.78 is 20.0. The van der Waals surface area contributed by atoms with Crippen LogP contribution < -0.4 is 5.32 Å². The van der Waals surface area contributed by atoms with Crippen LogP contribution in [0.15, 0.2) is 18.2 Å². The Morgan fingerprint density at radius 3 is 2.56 bits per heavy atom. The normalized spacial score (nSPS) is 11.7. The number of hydrogen-bond acceptors (Lipinski definition) is 4. The summed E-state index contributed by atoms with van der Waals surface area (Å²) >= 11 is 1.18. The number of fused-ring (bicyclic) bond motifs is 1. The van der Waals surface area contributed by atoms with Gasteiger partial charge in [0.25, 0.3) is 5.91 Å². The van der Waals surface area contributed by atoms with Crippen molar-refractivity contribution < 1.29 is 23.8 Å². The molecule has 0 aliphatic rings. The molecule has 5 nitrogen and oxygen atoms in total. The molecule has 0 unspecified atom stereocenters. The molecular weight excluding hydrogens is 345 g/mol. The number of benzene rings is 1. The van der Waals surface area contributed by atoms with Gasteiger partial charge in [-0.3, -0.25) is 9.59 Å². The average molecular weight is 367 g/mol. The summed E-state index contributed by atoms with van der Waals surface area (Å²) in [6.07, 6.45) is 0.816. The van der Waals surface area contributed by atoms with Crippen LogP contribution in [0.2, 0.25) is 0 Å². The lowest BCUT2D eigenvalue weighted by Crippen LogP contribution is -2.42. The summed E-state index contributed by atoms with van der Waals surface area (Å²) in [5.74, 6) is -1.74. The highest BCUT2D eigenvalue weighted by Crippen LogP contribution is 2.34. The van der Waals surface area contributed by atoms with Crippen molar-refractivity contribution in [1.82, 2.24) is 5.32 Å². The van der Waals surface area contributed by atoms with Gasteiger partial charge in [-0.15, -0.1) is 11.3 Å². The molecule has 1 aromatic carbocycles. The number of rotatable bonds is 8. The van der Waals surface area contributed by atoms with Crippen LogP contribution in [-0.2, 0) is 16.1 Å². The van der Waals surface area contributed by atoms with E-state index < -0.39 is 23.1 Å². The minimum atomic E-state index is -1.00. The molecule has 0 bridgehead atoms. The van der Waals surface area contributed by atoms with Gasteiger partial charge in [0, 0.05) is 29.3 Å². The quantitative estimate of drug-likeness (QED) is 0.744. The molecule has 0 saturated carbocycles. The van der Waals surface area contributed by atoms with Crippen LogP contribution in [0.3, 0.4) is 0 Å². The van der Waals surface area contributed by atoms with Crippen molar-refractivity contribution in [3.05, 3.63) is 34.5 Å². The molecule has 2 rings (SSSR count). The number of nitrogens with one attached hydrogen (secondary N) is 1. The third kappa shape index (κ3) is 3.67. The Labute approximate surface area is 149 Å². The molecule has 1 heterocycles. The molecule has 25 heavy (non-hydrogen) atoms. The Bertz CT molecular complexity index is 783. The van der Waals surface area contributed by atoms with Crippen LogP contribution in [0.25, 0.3) is 10.1 Å². The first-order valence-corrected chi connectivity index (χ1v) is 8.92. The lowest BCUT2D eigenvalue weighted by Gasteiger charge is -2.26. The Hall–Kier alpha value is -1.99. The van der Waals surface area contributed by atoms with Gasteiger partial charge in [-0.2, -0.15) is 0 Å². The third-order valence-electron chi connectivity index (χ3n) is 4.65. The number of thiophene rings is 1. The molecule has 0 aliphatic heterocycles. The highest BCUT2D eigenvalue weighted by Gasteiger charge is 2.35. The Morgan fingerprint density at radius 1 is 1.32 bits per heavy atom. The molecule has 1 aromatic heterocycles. The average Bonchev–Trinajstić information content (AvgIpc) is 2.96. The molecule has 0 spiro atoms. The first kappa shape index (κ1) is 19.3. The number of carbonyl (C=O) groups excluding carboxylic acids is 1. The van der Waals surface area contributed by atoms with Crippen molar-refractivity contribution in [2.45, 2.75) is 33.3 Å². The molecule has 7 heteroatoms. The van der Waals surface area contributed by atoms with Crippen molar-refractivity contribution in [3.63, 3.8) is 0 Å². The van der Waals surface area contributed by atoms with Gasteiger partial charge in [0.2, 0.25) is 0 Å². The molecule has 2 N–H and O–H groups in total. The van der Waals surface area contributed by atoms with E-state index in [1.54, 1.807) is 26.0 Å². The summed E-state index contributed by atoms with van der Waals surface area (Å²) in [7, 11) is 1.48. The number of amides is 1. The second kappa shape index (κ2) is 7.93. The Balaban J connectivity index is 2.35. The lowest BCUT2D eigenvalue weighted by atomic mass is 9.82. The SMILES string of the molecule is CCC(CC)(CNC(=O)c1sc2cccc(F)c2c1COC)C(=O)O. The number of aliphatic carboxylic acids is 1. The van der Waals surface area contributed by atoms with Crippen LogP contribution >= 0.6 is 11.3 Å². The number of halogens is 1. The maximum absolute atomic E-state index is 14.2. The lowest BCUT2D eigenvalue weighted by molar-refractivity contribution is -0.149. The maximum Gasteiger partial charge on any atom is 0.311 e. The number of methoxy groups -OCH3 is 1. The third-order valence-corrected chi connectivity index (χ3v) is 5.85. The van der Waals surface area contributed by atoms with Crippen molar-refractivity contribution in [3.8, 4) is 0 Å². The van der Waals surface area contributed by atoms with Crippen LogP contribution in [0.5, 0.6) is 0 Å². The van der Waals surface area contributed by atoms with E-state index in [-0.39, 0.29) is 13.2 Å². The van der Waals surface area contributed by atoms with Gasteiger partial charge in [0.05, 0.1) is 16.9 Å². The van der Waals surface area contributed by atoms with Crippen LogP contribution in [0.4, 0.5) is 4.39 Å². The van der Waals surface area contributed by atoms with Gasteiger partial charge < -0.3 is 15.2 Å². The fourth-order valence-electron chi connectivity index (χ4n) is 2.84. The van der Waals surface area contributed by atoms with Crippen molar-refractivity contribution in [2.24, 2.45) is 5.41 Å². The first-order valence-electron chi connectivity index (χ1n) is 8.10. The zero-order valence-electron chi connectivity index (χ0n) is 14.5.